The number of anilines is 1. The van der Waals surface area contributed by atoms with E-state index in [0.717, 1.165) is 18.6 Å². The van der Waals surface area contributed by atoms with Gasteiger partial charge < -0.3 is 14.6 Å². The SMILES string of the molecule is Cc1nc(N(C)C)ncc1C(=O)NCCCc1ccco1. The number of aryl methyl sites for hydroxylation is 2. The molecule has 0 aromatic carbocycles. The summed E-state index contributed by atoms with van der Waals surface area (Å²) in [5, 5.41) is 2.88. The van der Waals surface area contributed by atoms with Crippen LogP contribution in [0.2, 0.25) is 0 Å². The van der Waals surface area contributed by atoms with Crippen LogP contribution < -0.4 is 10.2 Å². The third kappa shape index (κ3) is 4.05. The first-order valence-electron chi connectivity index (χ1n) is 6.89. The molecule has 1 amide bonds. The average molecular weight is 288 g/mol. The van der Waals surface area contributed by atoms with E-state index in [2.05, 4.69) is 15.3 Å². The summed E-state index contributed by atoms with van der Waals surface area (Å²) < 4.78 is 5.24. The lowest BCUT2D eigenvalue weighted by Gasteiger charge is -2.12. The zero-order valence-corrected chi connectivity index (χ0v) is 12.6. The van der Waals surface area contributed by atoms with Crippen LogP contribution in [0.15, 0.2) is 29.0 Å². The number of nitrogens with one attached hydrogen (secondary N) is 1. The molecule has 0 saturated heterocycles. The van der Waals surface area contributed by atoms with E-state index < -0.39 is 0 Å². The maximum absolute atomic E-state index is 12.1. The maximum atomic E-state index is 12.1. The van der Waals surface area contributed by atoms with Crippen molar-refractivity contribution in [1.82, 2.24) is 15.3 Å². The average Bonchev–Trinajstić information content (AvgIpc) is 2.96. The zero-order chi connectivity index (χ0) is 15.2. The molecule has 2 aromatic heterocycles. The van der Waals surface area contributed by atoms with Gasteiger partial charge in [0.05, 0.1) is 17.5 Å². The molecule has 0 radical (unpaired) electrons. The first-order valence-corrected chi connectivity index (χ1v) is 6.89. The Morgan fingerprint density at radius 2 is 2.24 bits per heavy atom. The van der Waals surface area contributed by atoms with E-state index in [-0.39, 0.29) is 5.91 Å². The standard InChI is InChI=1S/C15H20N4O2/c1-11-13(10-17-15(18-11)19(2)3)14(20)16-8-4-6-12-7-5-9-21-12/h5,7,9-10H,4,6,8H2,1-3H3,(H,16,20). The Morgan fingerprint density at radius 1 is 1.43 bits per heavy atom. The number of carbonyl (C=O) groups is 1. The third-order valence-electron chi connectivity index (χ3n) is 3.08. The summed E-state index contributed by atoms with van der Waals surface area (Å²) in [6.07, 6.45) is 4.86. The van der Waals surface area contributed by atoms with Gasteiger partial charge in [0.1, 0.15) is 5.76 Å². The molecule has 0 aliphatic carbocycles. The van der Waals surface area contributed by atoms with E-state index in [9.17, 15) is 4.79 Å². The highest BCUT2D eigenvalue weighted by molar-refractivity contribution is 5.94. The fraction of sp³-hybridized carbons (Fsp3) is 0.400. The summed E-state index contributed by atoms with van der Waals surface area (Å²) in [6, 6.07) is 3.79. The molecule has 0 unspecified atom stereocenters. The Balaban J connectivity index is 1.85. The van der Waals surface area contributed by atoms with Crippen molar-refractivity contribution in [3.8, 4) is 0 Å². The maximum Gasteiger partial charge on any atom is 0.254 e. The van der Waals surface area contributed by atoms with Gasteiger partial charge in [-0.2, -0.15) is 0 Å². The van der Waals surface area contributed by atoms with Crippen LogP contribution in [-0.2, 0) is 6.42 Å². The predicted octanol–water partition coefficient (Wildman–Crippen LogP) is 1.81. The van der Waals surface area contributed by atoms with Gasteiger partial charge in [0.15, 0.2) is 0 Å². The minimum atomic E-state index is -0.141. The molecule has 0 spiro atoms. The number of hydrogen-bond acceptors (Lipinski definition) is 5. The van der Waals surface area contributed by atoms with Crippen LogP contribution in [0.3, 0.4) is 0 Å². The molecule has 112 valence electrons. The molecule has 0 saturated carbocycles. The largest absolute Gasteiger partial charge is 0.469 e. The molecule has 0 aliphatic rings. The Hall–Kier alpha value is -2.37. The number of aromatic nitrogens is 2. The van der Waals surface area contributed by atoms with Crippen LogP contribution in [0.4, 0.5) is 5.95 Å². The van der Waals surface area contributed by atoms with E-state index in [1.807, 2.05) is 33.2 Å². The quantitative estimate of drug-likeness (QED) is 0.821. The van der Waals surface area contributed by atoms with Crippen LogP contribution in [0.25, 0.3) is 0 Å². The van der Waals surface area contributed by atoms with Crippen molar-refractivity contribution >= 4 is 11.9 Å². The fourth-order valence-corrected chi connectivity index (χ4v) is 1.91. The van der Waals surface area contributed by atoms with Crippen molar-refractivity contribution in [3.05, 3.63) is 41.6 Å². The van der Waals surface area contributed by atoms with Gasteiger partial charge in [-0.05, 0) is 25.5 Å². The zero-order valence-electron chi connectivity index (χ0n) is 12.6. The summed E-state index contributed by atoms with van der Waals surface area (Å²) in [7, 11) is 3.73. The van der Waals surface area contributed by atoms with Gasteiger partial charge in [0, 0.05) is 33.3 Å². The van der Waals surface area contributed by atoms with E-state index in [4.69, 9.17) is 4.42 Å². The monoisotopic (exact) mass is 288 g/mol. The van der Waals surface area contributed by atoms with E-state index in [1.54, 1.807) is 17.4 Å². The highest BCUT2D eigenvalue weighted by Gasteiger charge is 2.12. The van der Waals surface area contributed by atoms with Gasteiger partial charge in [0.25, 0.3) is 5.91 Å². The molecule has 2 rings (SSSR count). The molecule has 21 heavy (non-hydrogen) atoms. The number of furan rings is 1. The molecule has 2 heterocycles. The number of amides is 1. The van der Waals surface area contributed by atoms with E-state index in [1.165, 1.54) is 0 Å². The highest BCUT2D eigenvalue weighted by Crippen LogP contribution is 2.09. The molecule has 0 atom stereocenters. The van der Waals surface area contributed by atoms with Gasteiger partial charge in [-0.25, -0.2) is 9.97 Å². The van der Waals surface area contributed by atoms with Gasteiger partial charge in [0.2, 0.25) is 5.95 Å². The van der Waals surface area contributed by atoms with Crippen molar-refractivity contribution in [2.75, 3.05) is 25.5 Å². The van der Waals surface area contributed by atoms with Crippen molar-refractivity contribution in [3.63, 3.8) is 0 Å². The van der Waals surface area contributed by atoms with Crippen molar-refractivity contribution in [2.24, 2.45) is 0 Å². The van der Waals surface area contributed by atoms with Gasteiger partial charge in [-0.15, -0.1) is 0 Å². The topological polar surface area (TPSA) is 71.3 Å². The molecule has 1 N–H and O–H groups in total. The Morgan fingerprint density at radius 3 is 2.86 bits per heavy atom. The number of rotatable bonds is 6. The molecular weight excluding hydrogens is 268 g/mol. The second-order valence-corrected chi connectivity index (χ2v) is 5.00. The smallest absolute Gasteiger partial charge is 0.254 e. The minimum absolute atomic E-state index is 0.141. The van der Waals surface area contributed by atoms with E-state index >= 15 is 0 Å². The molecule has 2 aromatic rings. The van der Waals surface area contributed by atoms with Crippen LogP contribution >= 0.6 is 0 Å². The molecule has 0 bridgehead atoms. The number of carbonyl (C=O) groups excluding carboxylic acids is 1. The van der Waals surface area contributed by atoms with Crippen molar-refractivity contribution < 1.29 is 9.21 Å². The van der Waals surface area contributed by atoms with Crippen LogP contribution in [0, 0.1) is 6.92 Å². The minimum Gasteiger partial charge on any atom is -0.469 e. The van der Waals surface area contributed by atoms with Crippen LogP contribution in [-0.4, -0.2) is 36.5 Å². The summed E-state index contributed by atoms with van der Waals surface area (Å²) in [5.41, 5.74) is 1.19. The fourth-order valence-electron chi connectivity index (χ4n) is 1.91. The van der Waals surface area contributed by atoms with E-state index in [0.29, 0.717) is 23.8 Å². The molecule has 6 heteroatoms. The lowest BCUT2D eigenvalue weighted by molar-refractivity contribution is 0.0951. The molecule has 0 fully saturated rings. The summed E-state index contributed by atoms with van der Waals surface area (Å²) in [6.45, 7) is 2.40. The number of nitrogens with zero attached hydrogens (tertiary/aromatic N) is 3. The lowest BCUT2D eigenvalue weighted by atomic mass is 10.2. The van der Waals surface area contributed by atoms with Gasteiger partial charge >= 0.3 is 0 Å². The molecule has 6 nitrogen and oxygen atoms in total. The summed E-state index contributed by atoms with van der Waals surface area (Å²) >= 11 is 0. The Kier molecular flexibility index (Phi) is 4.92. The normalized spacial score (nSPS) is 10.4. The van der Waals surface area contributed by atoms with Crippen molar-refractivity contribution in [2.45, 2.75) is 19.8 Å². The Labute approximate surface area is 124 Å². The Bertz CT molecular complexity index is 594. The van der Waals surface area contributed by atoms with Crippen molar-refractivity contribution in [1.29, 1.82) is 0 Å². The summed E-state index contributed by atoms with van der Waals surface area (Å²) in [5.74, 6) is 1.39. The van der Waals surface area contributed by atoms with Crippen LogP contribution in [0.1, 0.15) is 28.2 Å². The summed E-state index contributed by atoms with van der Waals surface area (Å²) in [4.78, 5) is 22.4. The third-order valence-corrected chi connectivity index (χ3v) is 3.08. The highest BCUT2D eigenvalue weighted by atomic mass is 16.3. The first kappa shape index (κ1) is 15.0. The number of hydrogen-bond donors (Lipinski definition) is 1. The van der Waals surface area contributed by atoms with Crippen LogP contribution in [0.5, 0.6) is 0 Å². The second-order valence-electron chi connectivity index (χ2n) is 5.00. The molecule has 0 aliphatic heterocycles. The second kappa shape index (κ2) is 6.88. The first-order chi connectivity index (χ1) is 10.1. The predicted molar refractivity (Wildman–Crippen MR) is 80.5 cm³/mol. The molecular formula is C15H20N4O2. The van der Waals surface area contributed by atoms with Gasteiger partial charge in [-0.3, -0.25) is 4.79 Å². The van der Waals surface area contributed by atoms with Gasteiger partial charge in [-0.1, -0.05) is 0 Å². The lowest BCUT2D eigenvalue weighted by Crippen LogP contribution is -2.26.